The molecule has 0 bridgehead atoms. The minimum Gasteiger partial charge on any atom is -0.342 e. The van der Waals surface area contributed by atoms with Crippen LogP contribution in [-0.2, 0) is 11.3 Å². The number of thioether (sulfide) groups is 1. The van der Waals surface area contributed by atoms with E-state index in [2.05, 4.69) is 6.92 Å². The van der Waals surface area contributed by atoms with E-state index in [0.29, 0.717) is 34.4 Å². The number of amides is 1. The zero-order valence-electron chi connectivity index (χ0n) is 17.9. The third-order valence-corrected chi connectivity index (χ3v) is 7.32. The Morgan fingerprint density at radius 3 is 2.50 bits per heavy atom. The molecule has 1 aliphatic rings. The van der Waals surface area contributed by atoms with Crippen LogP contribution in [0.2, 0.25) is 0 Å². The van der Waals surface area contributed by atoms with Gasteiger partial charge in [-0.15, -0.1) is 0 Å². The fraction of sp³-hybridized carbons (Fsp3) is 0.458. The van der Waals surface area contributed by atoms with Crippen molar-refractivity contribution in [3.63, 3.8) is 0 Å². The van der Waals surface area contributed by atoms with Crippen molar-refractivity contribution in [2.45, 2.75) is 57.3 Å². The first-order chi connectivity index (χ1) is 14.5. The Morgan fingerprint density at radius 1 is 1.17 bits per heavy atom. The highest BCUT2D eigenvalue weighted by molar-refractivity contribution is 7.99. The van der Waals surface area contributed by atoms with E-state index in [9.17, 15) is 9.59 Å². The Labute approximate surface area is 181 Å². The number of fused-ring (bicyclic) bond motifs is 2. The van der Waals surface area contributed by atoms with Gasteiger partial charge in [-0.05, 0) is 61.4 Å². The molecule has 1 amide bonds. The third kappa shape index (κ3) is 4.10. The molecule has 1 fully saturated rings. The maximum atomic E-state index is 13.1. The fourth-order valence-corrected chi connectivity index (χ4v) is 5.33. The molecule has 3 aromatic rings. The summed E-state index contributed by atoms with van der Waals surface area (Å²) >= 11 is 1.37. The molecule has 0 spiro atoms. The van der Waals surface area contributed by atoms with Crippen LogP contribution in [0, 0.1) is 5.92 Å². The minimum atomic E-state index is -0.0437. The van der Waals surface area contributed by atoms with E-state index >= 15 is 0 Å². The summed E-state index contributed by atoms with van der Waals surface area (Å²) in [6, 6.07) is 12.2. The van der Waals surface area contributed by atoms with Gasteiger partial charge in [0.2, 0.25) is 5.91 Å². The normalized spacial score (nSPS) is 19.3. The first kappa shape index (κ1) is 20.9. The Kier molecular flexibility index (Phi) is 6.14. The first-order valence-electron chi connectivity index (χ1n) is 10.8. The zero-order chi connectivity index (χ0) is 21.3. The summed E-state index contributed by atoms with van der Waals surface area (Å²) < 4.78 is 1.68. The molecule has 1 aliphatic carbocycles. The number of carbonyl (C=O) groups is 1. The number of hydrogen-bond acceptors (Lipinski definition) is 4. The molecule has 0 radical (unpaired) electrons. The van der Waals surface area contributed by atoms with E-state index in [1.54, 1.807) is 4.57 Å². The molecule has 2 aromatic carbocycles. The highest BCUT2D eigenvalue weighted by Gasteiger charge is 2.25. The lowest BCUT2D eigenvalue weighted by atomic mass is 9.87. The van der Waals surface area contributed by atoms with E-state index in [1.165, 1.54) is 24.6 Å². The van der Waals surface area contributed by atoms with Crippen LogP contribution in [-0.4, -0.2) is 39.2 Å². The van der Waals surface area contributed by atoms with Crippen molar-refractivity contribution in [1.29, 1.82) is 0 Å². The summed E-state index contributed by atoms with van der Waals surface area (Å²) in [5, 5.41) is 3.33. The lowest BCUT2D eigenvalue weighted by Crippen LogP contribution is -2.40. The van der Waals surface area contributed by atoms with E-state index in [4.69, 9.17) is 4.98 Å². The van der Waals surface area contributed by atoms with Gasteiger partial charge in [-0.1, -0.05) is 43.0 Å². The number of rotatable bonds is 5. The third-order valence-electron chi connectivity index (χ3n) is 6.35. The van der Waals surface area contributed by atoms with Gasteiger partial charge in [0.25, 0.3) is 5.56 Å². The molecular formula is C24H29N3O2S. The number of nitrogens with zero attached hydrogens (tertiary/aromatic N) is 3. The monoisotopic (exact) mass is 423 g/mol. The molecule has 1 aromatic heterocycles. The van der Waals surface area contributed by atoms with Crippen LogP contribution in [0.1, 0.15) is 39.5 Å². The summed E-state index contributed by atoms with van der Waals surface area (Å²) in [6.07, 6.45) is 4.53. The van der Waals surface area contributed by atoms with Gasteiger partial charge in [0.15, 0.2) is 5.16 Å². The fourth-order valence-electron chi connectivity index (χ4n) is 4.34. The summed E-state index contributed by atoms with van der Waals surface area (Å²) in [4.78, 5) is 32.6. The van der Waals surface area contributed by atoms with Crippen molar-refractivity contribution in [2.24, 2.45) is 5.92 Å². The number of hydrogen-bond donors (Lipinski definition) is 0. The van der Waals surface area contributed by atoms with Gasteiger partial charge in [0.05, 0.1) is 16.7 Å². The van der Waals surface area contributed by atoms with Crippen molar-refractivity contribution < 1.29 is 4.79 Å². The van der Waals surface area contributed by atoms with Gasteiger partial charge in [-0.25, -0.2) is 4.98 Å². The zero-order valence-corrected chi connectivity index (χ0v) is 18.7. The molecule has 5 nitrogen and oxygen atoms in total. The summed E-state index contributed by atoms with van der Waals surface area (Å²) in [5.74, 6) is 1.17. The van der Waals surface area contributed by atoms with E-state index < -0.39 is 0 Å². The quantitative estimate of drug-likeness (QED) is 0.339. The smallest absolute Gasteiger partial charge is 0.262 e. The van der Waals surface area contributed by atoms with Gasteiger partial charge in [0, 0.05) is 19.6 Å². The summed E-state index contributed by atoms with van der Waals surface area (Å²) in [7, 11) is 1.91. The Hall–Kier alpha value is -2.34. The molecule has 1 heterocycles. The number of aromatic nitrogens is 2. The van der Waals surface area contributed by atoms with Crippen molar-refractivity contribution >= 4 is 39.3 Å². The minimum absolute atomic E-state index is 0.0437. The molecule has 158 valence electrons. The van der Waals surface area contributed by atoms with Crippen molar-refractivity contribution in [1.82, 2.24) is 14.5 Å². The van der Waals surface area contributed by atoms with E-state index in [0.717, 1.165) is 29.5 Å². The van der Waals surface area contributed by atoms with E-state index in [1.807, 2.05) is 55.3 Å². The number of carbonyl (C=O) groups excluding carboxylic acids is 1. The lowest BCUT2D eigenvalue weighted by Gasteiger charge is -2.33. The van der Waals surface area contributed by atoms with Crippen molar-refractivity contribution in [3.8, 4) is 0 Å². The average Bonchev–Trinajstić information content (AvgIpc) is 2.76. The van der Waals surface area contributed by atoms with Gasteiger partial charge in [0.1, 0.15) is 0 Å². The Bertz CT molecular complexity index is 1130. The molecule has 0 saturated heterocycles. The van der Waals surface area contributed by atoms with Gasteiger partial charge >= 0.3 is 0 Å². The second-order valence-corrected chi connectivity index (χ2v) is 9.31. The Morgan fingerprint density at radius 2 is 1.83 bits per heavy atom. The van der Waals surface area contributed by atoms with Crippen molar-refractivity contribution in [3.05, 3.63) is 46.8 Å². The molecule has 0 atom stereocenters. The molecular weight excluding hydrogens is 394 g/mol. The van der Waals surface area contributed by atoms with Crippen LogP contribution in [0.4, 0.5) is 0 Å². The lowest BCUT2D eigenvalue weighted by molar-refractivity contribution is -0.129. The second-order valence-electron chi connectivity index (χ2n) is 8.37. The maximum Gasteiger partial charge on any atom is 0.262 e. The molecule has 4 rings (SSSR count). The largest absolute Gasteiger partial charge is 0.342 e. The summed E-state index contributed by atoms with van der Waals surface area (Å²) in [5.41, 5.74) is 0.644. The van der Waals surface area contributed by atoms with Crippen molar-refractivity contribution in [2.75, 3.05) is 12.8 Å². The van der Waals surface area contributed by atoms with Crippen LogP contribution < -0.4 is 5.56 Å². The molecule has 0 N–H and O–H groups in total. The topological polar surface area (TPSA) is 55.2 Å². The predicted molar refractivity (Wildman–Crippen MR) is 124 cm³/mol. The van der Waals surface area contributed by atoms with Crippen LogP contribution in [0.15, 0.2) is 46.3 Å². The van der Waals surface area contributed by atoms with E-state index in [-0.39, 0.29) is 11.5 Å². The first-order valence-corrected chi connectivity index (χ1v) is 11.8. The molecule has 30 heavy (non-hydrogen) atoms. The molecule has 0 aliphatic heterocycles. The number of benzene rings is 2. The van der Waals surface area contributed by atoms with Gasteiger partial charge in [-0.3, -0.25) is 14.2 Å². The van der Waals surface area contributed by atoms with Crippen LogP contribution >= 0.6 is 11.8 Å². The van der Waals surface area contributed by atoms with Gasteiger partial charge < -0.3 is 4.90 Å². The molecule has 0 unspecified atom stereocenters. The highest BCUT2D eigenvalue weighted by atomic mass is 32.2. The molecule has 1 saturated carbocycles. The van der Waals surface area contributed by atoms with Crippen LogP contribution in [0.3, 0.4) is 0 Å². The molecule has 6 heteroatoms. The average molecular weight is 424 g/mol. The Balaban J connectivity index is 1.58. The second kappa shape index (κ2) is 8.80. The predicted octanol–water partition coefficient (Wildman–Crippen LogP) is 4.70. The maximum absolute atomic E-state index is 13.1. The SMILES string of the molecule is CCn1c(SCC(=O)N(C)C2CCC(C)CC2)nc2cc3ccccc3cc2c1=O. The van der Waals surface area contributed by atoms with Crippen LogP contribution in [0.25, 0.3) is 21.7 Å². The highest BCUT2D eigenvalue weighted by Crippen LogP contribution is 2.27. The standard InChI is InChI=1S/C24H29N3O2S/c1-4-27-23(29)20-13-17-7-5-6-8-18(17)14-21(20)25-24(27)30-15-22(28)26(3)19-11-9-16(2)10-12-19/h5-8,13-14,16,19H,4,9-12,15H2,1-3H3. The summed E-state index contributed by atoms with van der Waals surface area (Å²) in [6.45, 7) is 4.76. The van der Waals surface area contributed by atoms with Crippen LogP contribution in [0.5, 0.6) is 0 Å². The van der Waals surface area contributed by atoms with Gasteiger partial charge in [-0.2, -0.15) is 0 Å².